The monoisotopic (exact) mass is 267 g/mol. The zero-order valence-corrected chi connectivity index (χ0v) is 10.7. The van der Waals surface area contributed by atoms with Crippen molar-refractivity contribution in [3.05, 3.63) is 53.9 Å². The van der Waals surface area contributed by atoms with Gasteiger partial charge >= 0.3 is 0 Å². The van der Waals surface area contributed by atoms with Crippen LogP contribution in [0.5, 0.6) is 0 Å². The summed E-state index contributed by atoms with van der Waals surface area (Å²) >= 11 is 0. The fraction of sp³-hybridized carbons (Fsp3) is 0.214. The highest BCUT2D eigenvalue weighted by molar-refractivity contribution is 5.53. The summed E-state index contributed by atoms with van der Waals surface area (Å²) in [4.78, 5) is 11.9. The minimum Gasteiger partial charge on any atom is -0.347 e. The number of imidazole rings is 1. The molecule has 1 unspecified atom stereocenters. The number of hydrogen-bond donors (Lipinski definition) is 2. The fourth-order valence-electron chi connectivity index (χ4n) is 2.42. The van der Waals surface area contributed by atoms with E-state index in [2.05, 4.69) is 25.4 Å². The molecule has 6 heteroatoms. The normalized spacial score (nSPS) is 17.9. The molecule has 3 heterocycles. The van der Waals surface area contributed by atoms with Gasteiger partial charge in [0.05, 0.1) is 23.8 Å². The second-order valence-electron chi connectivity index (χ2n) is 4.79. The number of benzene rings is 1. The molecule has 3 aromatic rings. The lowest BCUT2D eigenvalue weighted by Gasteiger charge is -2.19. The van der Waals surface area contributed by atoms with Crippen molar-refractivity contribution in [2.75, 3.05) is 0 Å². The van der Waals surface area contributed by atoms with Crippen molar-refractivity contribution < 1.29 is 4.52 Å². The van der Waals surface area contributed by atoms with E-state index < -0.39 is 0 Å². The van der Waals surface area contributed by atoms with Gasteiger partial charge in [-0.25, -0.2) is 4.98 Å². The molecule has 2 N–H and O–H groups in total. The van der Waals surface area contributed by atoms with Crippen molar-refractivity contribution in [2.24, 2.45) is 0 Å². The van der Waals surface area contributed by atoms with Gasteiger partial charge in [0.15, 0.2) is 0 Å². The molecule has 20 heavy (non-hydrogen) atoms. The van der Waals surface area contributed by atoms with Gasteiger partial charge in [-0.05, 0) is 0 Å². The summed E-state index contributed by atoms with van der Waals surface area (Å²) in [5, 5.41) is 7.43. The van der Waals surface area contributed by atoms with E-state index in [1.165, 1.54) is 0 Å². The molecule has 1 aliphatic rings. The SMILES string of the molecule is c1ccc(-c2noc(C3Cc4nc[nH]c4CN3)n2)cc1. The number of hydrogen-bond acceptors (Lipinski definition) is 5. The van der Waals surface area contributed by atoms with Gasteiger partial charge in [-0.3, -0.25) is 5.32 Å². The van der Waals surface area contributed by atoms with Crippen LogP contribution in [-0.2, 0) is 13.0 Å². The molecule has 1 atom stereocenters. The highest BCUT2D eigenvalue weighted by Crippen LogP contribution is 2.24. The minimum absolute atomic E-state index is 0.0239. The Labute approximate surface area is 115 Å². The minimum atomic E-state index is 0.0239. The summed E-state index contributed by atoms with van der Waals surface area (Å²) < 4.78 is 5.39. The van der Waals surface area contributed by atoms with E-state index in [0.717, 1.165) is 29.9 Å². The largest absolute Gasteiger partial charge is 0.347 e. The summed E-state index contributed by atoms with van der Waals surface area (Å²) in [6.45, 7) is 0.739. The van der Waals surface area contributed by atoms with Crippen LogP contribution < -0.4 is 5.32 Å². The molecule has 1 aliphatic heterocycles. The lowest BCUT2D eigenvalue weighted by Crippen LogP contribution is -2.28. The van der Waals surface area contributed by atoms with Gasteiger partial charge < -0.3 is 9.51 Å². The molecule has 0 saturated heterocycles. The number of nitrogens with zero attached hydrogens (tertiary/aromatic N) is 3. The van der Waals surface area contributed by atoms with Crippen molar-refractivity contribution in [1.82, 2.24) is 25.4 Å². The summed E-state index contributed by atoms with van der Waals surface area (Å²) in [5.41, 5.74) is 3.15. The molecule has 0 radical (unpaired) electrons. The third-order valence-electron chi connectivity index (χ3n) is 3.50. The molecule has 0 amide bonds. The van der Waals surface area contributed by atoms with E-state index in [0.29, 0.717) is 11.7 Å². The van der Waals surface area contributed by atoms with Crippen molar-refractivity contribution in [3.8, 4) is 11.4 Å². The van der Waals surface area contributed by atoms with Crippen molar-refractivity contribution >= 4 is 0 Å². The Morgan fingerprint density at radius 2 is 2.10 bits per heavy atom. The van der Waals surface area contributed by atoms with E-state index >= 15 is 0 Å². The van der Waals surface area contributed by atoms with Gasteiger partial charge in [0.2, 0.25) is 11.7 Å². The second-order valence-corrected chi connectivity index (χ2v) is 4.79. The Kier molecular flexibility index (Phi) is 2.60. The van der Waals surface area contributed by atoms with Crippen LogP contribution in [0.1, 0.15) is 23.3 Å². The van der Waals surface area contributed by atoms with Gasteiger partial charge in [-0.2, -0.15) is 4.98 Å². The lowest BCUT2D eigenvalue weighted by atomic mass is 10.1. The van der Waals surface area contributed by atoms with E-state index in [4.69, 9.17) is 4.52 Å². The number of fused-ring (bicyclic) bond motifs is 1. The molecule has 6 nitrogen and oxygen atoms in total. The average Bonchev–Trinajstić information content (AvgIpc) is 3.16. The lowest BCUT2D eigenvalue weighted by molar-refractivity contribution is 0.319. The van der Waals surface area contributed by atoms with Crippen molar-refractivity contribution in [2.45, 2.75) is 19.0 Å². The predicted octanol–water partition coefficient (Wildman–Crippen LogP) is 1.85. The average molecular weight is 267 g/mol. The van der Waals surface area contributed by atoms with Crippen LogP contribution in [0.4, 0.5) is 0 Å². The summed E-state index contributed by atoms with van der Waals surface area (Å²) in [7, 11) is 0. The van der Waals surface area contributed by atoms with Crippen molar-refractivity contribution in [1.29, 1.82) is 0 Å². The van der Waals surface area contributed by atoms with Gasteiger partial charge in [-0.1, -0.05) is 35.5 Å². The molecule has 0 fully saturated rings. The fourth-order valence-corrected chi connectivity index (χ4v) is 2.42. The Balaban J connectivity index is 1.60. The maximum absolute atomic E-state index is 5.39. The van der Waals surface area contributed by atoms with Crippen LogP contribution in [0, 0.1) is 0 Å². The van der Waals surface area contributed by atoms with Crippen LogP contribution >= 0.6 is 0 Å². The second kappa shape index (κ2) is 4.57. The molecule has 0 spiro atoms. The molecular formula is C14H13N5O. The van der Waals surface area contributed by atoms with Crippen molar-refractivity contribution in [3.63, 3.8) is 0 Å². The Morgan fingerprint density at radius 1 is 1.20 bits per heavy atom. The summed E-state index contributed by atoms with van der Waals surface area (Å²) in [6.07, 6.45) is 2.48. The number of aromatic amines is 1. The molecule has 100 valence electrons. The Hall–Kier alpha value is -2.47. The Morgan fingerprint density at radius 3 is 3.00 bits per heavy atom. The smallest absolute Gasteiger partial charge is 0.244 e. The van der Waals surface area contributed by atoms with Crippen LogP contribution in [0.25, 0.3) is 11.4 Å². The van der Waals surface area contributed by atoms with E-state index in [1.807, 2.05) is 30.3 Å². The highest BCUT2D eigenvalue weighted by Gasteiger charge is 2.26. The maximum Gasteiger partial charge on any atom is 0.244 e. The molecule has 4 rings (SSSR count). The molecule has 1 aromatic carbocycles. The van der Waals surface area contributed by atoms with Gasteiger partial charge in [0.25, 0.3) is 0 Å². The number of rotatable bonds is 2. The van der Waals surface area contributed by atoms with E-state index in [9.17, 15) is 0 Å². The first-order valence-corrected chi connectivity index (χ1v) is 6.53. The molecule has 0 saturated carbocycles. The first-order valence-electron chi connectivity index (χ1n) is 6.53. The third-order valence-corrected chi connectivity index (χ3v) is 3.50. The third kappa shape index (κ3) is 1.90. The van der Waals surface area contributed by atoms with Crippen LogP contribution in [0.2, 0.25) is 0 Å². The van der Waals surface area contributed by atoms with Gasteiger partial charge in [0, 0.05) is 18.5 Å². The van der Waals surface area contributed by atoms with Gasteiger partial charge in [0.1, 0.15) is 0 Å². The van der Waals surface area contributed by atoms with Crippen LogP contribution in [0.15, 0.2) is 41.2 Å². The van der Waals surface area contributed by atoms with Crippen LogP contribution in [-0.4, -0.2) is 20.1 Å². The topological polar surface area (TPSA) is 79.6 Å². The summed E-state index contributed by atoms with van der Waals surface area (Å²) in [6, 6.07) is 9.84. The van der Waals surface area contributed by atoms with Crippen LogP contribution in [0.3, 0.4) is 0 Å². The summed E-state index contributed by atoms with van der Waals surface area (Å²) in [5.74, 6) is 1.23. The highest BCUT2D eigenvalue weighted by atomic mass is 16.5. The molecular weight excluding hydrogens is 254 g/mol. The molecule has 2 aromatic heterocycles. The number of aromatic nitrogens is 4. The van der Waals surface area contributed by atoms with Gasteiger partial charge in [-0.15, -0.1) is 0 Å². The van der Waals surface area contributed by atoms with E-state index in [-0.39, 0.29) is 6.04 Å². The predicted molar refractivity (Wildman–Crippen MR) is 71.6 cm³/mol. The molecule has 0 bridgehead atoms. The van der Waals surface area contributed by atoms with E-state index in [1.54, 1.807) is 6.33 Å². The number of H-pyrrole nitrogens is 1. The first kappa shape index (κ1) is 11.4. The number of nitrogens with one attached hydrogen (secondary N) is 2. The maximum atomic E-state index is 5.39. The zero-order chi connectivity index (χ0) is 13.4. The molecule has 0 aliphatic carbocycles. The zero-order valence-electron chi connectivity index (χ0n) is 10.7. The standard InChI is InChI=1S/C14H13N5O/c1-2-4-9(5-3-1)13-18-14(20-19-13)11-6-10-12(7-15-11)17-8-16-10/h1-5,8,11,15H,6-7H2,(H,16,17). The quantitative estimate of drug-likeness (QED) is 0.740. The Bertz CT molecular complexity index is 718. The first-order chi connectivity index (χ1) is 9.90.